The molecule has 0 aliphatic carbocycles. The number of fused-ring (bicyclic) bond motifs is 1. The summed E-state index contributed by atoms with van der Waals surface area (Å²) in [6.45, 7) is 0.392. The summed E-state index contributed by atoms with van der Waals surface area (Å²) in [5.74, 6) is -0.0893. The first-order valence-electron chi connectivity index (χ1n) is 7.59. The van der Waals surface area contributed by atoms with Crippen LogP contribution in [-0.4, -0.2) is 27.4 Å². The summed E-state index contributed by atoms with van der Waals surface area (Å²) in [6, 6.07) is 9.58. The predicted molar refractivity (Wildman–Crippen MR) is 95.8 cm³/mol. The number of benzene rings is 2. The molecule has 1 N–H and O–H groups in total. The lowest BCUT2D eigenvalue weighted by atomic mass is 10.1. The highest BCUT2D eigenvalue weighted by Crippen LogP contribution is 2.32. The van der Waals surface area contributed by atoms with Gasteiger partial charge in [-0.05, 0) is 24.3 Å². The van der Waals surface area contributed by atoms with Crippen molar-refractivity contribution in [3.05, 3.63) is 58.1 Å². The molecule has 0 amide bonds. The van der Waals surface area contributed by atoms with Gasteiger partial charge in [0.05, 0.1) is 24.1 Å². The van der Waals surface area contributed by atoms with E-state index in [0.717, 1.165) is 11.8 Å². The fourth-order valence-corrected chi connectivity index (χ4v) is 3.38. The van der Waals surface area contributed by atoms with E-state index in [0.29, 0.717) is 22.9 Å². The average molecular weight is 398 g/mol. The normalized spacial score (nSPS) is 13.5. The lowest BCUT2D eigenvalue weighted by Crippen LogP contribution is -2.16. The molecule has 0 bridgehead atoms. The van der Waals surface area contributed by atoms with Crippen LogP contribution in [-0.2, 0) is 32.7 Å². The van der Waals surface area contributed by atoms with Gasteiger partial charge in [0.25, 0.3) is 0 Å². The number of anilines is 1. The molecular weight excluding hydrogens is 382 g/mol. The molecule has 26 heavy (non-hydrogen) atoms. The van der Waals surface area contributed by atoms with Gasteiger partial charge in [0.15, 0.2) is 6.79 Å². The second-order valence-electron chi connectivity index (χ2n) is 5.66. The van der Waals surface area contributed by atoms with Gasteiger partial charge in [-0.1, -0.05) is 23.7 Å². The molecule has 0 saturated heterocycles. The Labute approximate surface area is 155 Å². The van der Waals surface area contributed by atoms with Crippen LogP contribution in [0, 0.1) is 0 Å². The fraction of sp³-hybridized carbons (Fsp3) is 0.235. The SMILES string of the molecule is CS(=O)(=O)Nc1ccccc1C(=O)OCc1cc(Cl)cc2c1OCOC2. The Morgan fingerprint density at radius 3 is 2.85 bits per heavy atom. The van der Waals surface area contributed by atoms with E-state index in [4.69, 9.17) is 25.8 Å². The number of esters is 1. The third kappa shape index (κ3) is 4.46. The van der Waals surface area contributed by atoms with E-state index in [-0.39, 0.29) is 24.7 Å². The number of carbonyl (C=O) groups excluding carboxylic acids is 1. The molecule has 3 rings (SSSR count). The van der Waals surface area contributed by atoms with Gasteiger partial charge < -0.3 is 14.2 Å². The number of ether oxygens (including phenoxy) is 3. The number of hydrogen-bond acceptors (Lipinski definition) is 6. The molecule has 0 atom stereocenters. The van der Waals surface area contributed by atoms with Crippen molar-refractivity contribution in [3.8, 4) is 5.75 Å². The predicted octanol–water partition coefficient (Wildman–Crippen LogP) is 2.94. The number of hydrogen-bond donors (Lipinski definition) is 1. The largest absolute Gasteiger partial charge is 0.467 e. The Balaban J connectivity index is 1.79. The second kappa shape index (κ2) is 7.53. The minimum absolute atomic E-state index is 0.0745. The summed E-state index contributed by atoms with van der Waals surface area (Å²) >= 11 is 6.08. The van der Waals surface area contributed by atoms with Gasteiger partial charge in [-0.15, -0.1) is 0 Å². The quantitative estimate of drug-likeness (QED) is 0.780. The van der Waals surface area contributed by atoms with Gasteiger partial charge >= 0.3 is 5.97 Å². The Bertz CT molecular complexity index is 944. The second-order valence-corrected chi connectivity index (χ2v) is 7.84. The first-order valence-corrected chi connectivity index (χ1v) is 9.86. The molecule has 0 spiro atoms. The fourth-order valence-electron chi connectivity index (χ4n) is 2.53. The van der Waals surface area contributed by atoms with Gasteiger partial charge in [-0.25, -0.2) is 13.2 Å². The van der Waals surface area contributed by atoms with Crippen LogP contribution in [0.15, 0.2) is 36.4 Å². The third-order valence-corrected chi connectivity index (χ3v) is 4.36. The molecule has 2 aromatic carbocycles. The summed E-state index contributed by atoms with van der Waals surface area (Å²) in [6.07, 6.45) is 1.01. The Morgan fingerprint density at radius 1 is 1.31 bits per heavy atom. The zero-order chi connectivity index (χ0) is 18.7. The maximum atomic E-state index is 12.4. The maximum Gasteiger partial charge on any atom is 0.340 e. The van der Waals surface area contributed by atoms with Crippen LogP contribution in [0.25, 0.3) is 0 Å². The topological polar surface area (TPSA) is 90.9 Å². The van der Waals surface area contributed by atoms with E-state index >= 15 is 0 Å². The van der Waals surface area contributed by atoms with Gasteiger partial charge in [-0.2, -0.15) is 0 Å². The van der Waals surface area contributed by atoms with Crippen LogP contribution in [0.4, 0.5) is 5.69 Å². The van der Waals surface area contributed by atoms with Crippen LogP contribution < -0.4 is 9.46 Å². The van der Waals surface area contributed by atoms with Crippen molar-refractivity contribution in [1.82, 2.24) is 0 Å². The van der Waals surface area contributed by atoms with E-state index in [9.17, 15) is 13.2 Å². The molecule has 0 radical (unpaired) electrons. The zero-order valence-electron chi connectivity index (χ0n) is 13.8. The molecule has 138 valence electrons. The molecule has 0 aromatic heterocycles. The third-order valence-electron chi connectivity index (χ3n) is 3.55. The number of para-hydroxylation sites is 1. The lowest BCUT2D eigenvalue weighted by Gasteiger charge is -2.21. The first kappa shape index (κ1) is 18.5. The van der Waals surface area contributed by atoms with Gasteiger partial charge in [0.1, 0.15) is 12.4 Å². The molecular formula is C17H16ClNO6S. The summed E-state index contributed by atoms with van der Waals surface area (Å²) in [4.78, 5) is 12.4. The Kier molecular flexibility index (Phi) is 5.36. The minimum Gasteiger partial charge on any atom is -0.467 e. The van der Waals surface area contributed by atoms with Crippen molar-refractivity contribution in [2.75, 3.05) is 17.8 Å². The monoisotopic (exact) mass is 397 g/mol. The molecule has 7 nitrogen and oxygen atoms in total. The molecule has 9 heteroatoms. The number of halogens is 1. The number of rotatable bonds is 5. The summed E-state index contributed by atoms with van der Waals surface area (Å²) < 4.78 is 41.2. The van der Waals surface area contributed by atoms with Crippen LogP contribution >= 0.6 is 11.6 Å². The number of nitrogens with one attached hydrogen (secondary N) is 1. The Hall–Kier alpha value is -2.29. The molecule has 2 aromatic rings. The van der Waals surface area contributed by atoms with E-state index in [1.807, 2.05) is 0 Å². The highest BCUT2D eigenvalue weighted by Gasteiger charge is 2.19. The molecule has 1 aliphatic heterocycles. The van der Waals surface area contributed by atoms with Crippen molar-refractivity contribution < 1.29 is 27.4 Å². The molecule has 0 saturated carbocycles. The number of carbonyl (C=O) groups is 1. The van der Waals surface area contributed by atoms with Crippen LogP contribution in [0.3, 0.4) is 0 Å². The summed E-state index contributed by atoms with van der Waals surface area (Å²) in [5.41, 5.74) is 1.64. The zero-order valence-corrected chi connectivity index (χ0v) is 15.4. The lowest BCUT2D eigenvalue weighted by molar-refractivity contribution is -0.0180. The average Bonchev–Trinajstić information content (AvgIpc) is 2.58. The van der Waals surface area contributed by atoms with Gasteiger partial charge in [0, 0.05) is 16.1 Å². The van der Waals surface area contributed by atoms with Gasteiger partial charge in [0.2, 0.25) is 10.0 Å². The molecule has 0 unspecified atom stereocenters. The molecule has 1 aliphatic rings. The molecule has 0 fully saturated rings. The van der Waals surface area contributed by atoms with E-state index in [1.165, 1.54) is 12.1 Å². The van der Waals surface area contributed by atoms with E-state index in [1.54, 1.807) is 24.3 Å². The first-order chi connectivity index (χ1) is 12.3. The van der Waals surface area contributed by atoms with Crippen molar-refractivity contribution in [2.45, 2.75) is 13.2 Å². The van der Waals surface area contributed by atoms with Crippen LogP contribution in [0.2, 0.25) is 5.02 Å². The maximum absolute atomic E-state index is 12.4. The number of sulfonamides is 1. The Morgan fingerprint density at radius 2 is 2.08 bits per heavy atom. The molecule has 1 heterocycles. The van der Waals surface area contributed by atoms with Crippen LogP contribution in [0.5, 0.6) is 5.75 Å². The highest BCUT2D eigenvalue weighted by molar-refractivity contribution is 7.92. The van der Waals surface area contributed by atoms with E-state index in [2.05, 4.69) is 4.72 Å². The van der Waals surface area contributed by atoms with E-state index < -0.39 is 16.0 Å². The van der Waals surface area contributed by atoms with Crippen molar-refractivity contribution >= 4 is 33.3 Å². The summed E-state index contributed by atoms with van der Waals surface area (Å²) in [5, 5.41) is 0.475. The van der Waals surface area contributed by atoms with Gasteiger partial charge in [-0.3, -0.25) is 4.72 Å². The summed E-state index contributed by atoms with van der Waals surface area (Å²) in [7, 11) is -3.53. The van der Waals surface area contributed by atoms with Crippen molar-refractivity contribution in [1.29, 1.82) is 0 Å². The standard InChI is InChI=1S/C17H16ClNO6S/c1-26(21,22)19-15-5-3-2-4-14(15)17(20)24-9-12-7-13(18)6-11-8-23-10-25-16(11)12/h2-7,19H,8-10H2,1H3. The van der Waals surface area contributed by atoms with Crippen molar-refractivity contribution in [2.24, 2.45) is 0 Å². The highest BCUT2D eigenvalue weighted by atomic mass is 35.5. The van der Waals surface area contributed by atoms with Crippen molar-refractivity contribution in [3.63, 3.8) is 0 Å². The minimum atomic E-state index is -3.53. The smallest absolute Gasteiger partial charge is 0.340 e. The van der Waals surface area contributed by atoms with Crippen LogP contribution in [0.1, 0.15) is 21.5 Å².